The summed E-state index contributed by atoms with van der Waals surface area (Å²) in [5, 5.41) is 6.13. The number of aromatic nitrogens is 1. The normalized spacial score (nSPS) is 25.2. The van der Waals surface area contributed by atoms with Crippen LogP contribution in [-0.4, -0.2) is 62.5 Å². The van der Waals surface area contributed by atoms with E-state index in [0.29, 0.717) is 19.7 Å². The lowest BCUT2D eigenvalue weighted by atomic mass is 10.1. The molecule has 2 saturated heterocycles. The summed E-state index contributed by atoms with van der Waals surface area (Å²) in [5.74, 6) is 0.925. The van der Waals surface area contributed by atoms with E-state index in [-0.39, 0.29) is 18.1 Å². The molecule has 3 heterocycles. The summed E-state index contributed by atoms with van der Waals surface area (Å²) < 4.78 is 10.8. The van der Waals surface area contributed by atoms with Gasteiger partial charge in [-0.2, -0.15) is 0 Å². The fourth-order valence-electron chi connectivity index (χ4n) is 2.83. The van der Waals surface area contributed by atoms with Gasteiger partial charge >= 0.3 is 0 Å². The van der Waals surface area contributed by atoms with Crippen molar-refractivity contribution in [3.63, 3.8) is 0 Å². The Kier molecular flexibility index (Phi) is 5.43. The van der Waals surface area contributed by atoms with Crippen molar-refractivity contribution >= 4 is 11.7 Å². The maximum absolute atomic E-state index is 12.2. The van der Waals surface area contributed by atoms with Gasteiger partial charge in [-0.05, 0) is 18.6 Å². The van der Waals surface area contributed by atoms with E-state index in [4.69, 9.17) is 9.47 Å². The average molecular weight is 320 g/mol. The molecule has 0 unspecified atom stereocenters. The Morgan fingerprint density at radius 1 is 1.39 bits per heavy atom. The first-order valence-electron chi connectivity index (χ1n) is 8.14. The molecule has 1 aromatic heterocycles. The van der Waals surface area contributed by atoms with E-state index in [1.807, 2.05) is 25.3 Å². The number of anilines is 1. The van der Waals surface area contributed by atoms with Crippen LogP contribution in [0.1, 0.15) is 12.5 Å². The molecule has 0 radical (unpaired) electrons. The molecule has 126 valence electrons. The summed E-state index contributed by atoms with van der Waals surface area (Å²) in [7, 11) is 0. The first kappa shape index (κ1) is 16.2. The van der Waals surface area contributed by atoms with Gasteiger partial charge in [0.1, 0.15) is 11.9 Å². The minimum absolute atomic E-state index is 0.0329. The highest BCUT2D eigenvalue weighted by Gasteiger charge is 2.27. The zero-order valence-corrected chi connectivity index (χ0v) is 13.5. The summed E-state index contributed by atoms with van der Waals surface area (Å²) >= 11 is 0. The zero-order chi connectivity index (χ0) is 16.1. The number of pyridine rings is 1. The van der Waals surface area contributed by atoms with Gasteiger partial charge in [0.05, 0.1) is 25.9 Å². The monoisotopic (exact) mass is 320 g/mol. The topological polar surface area (TPSA) is 75.7 Å². The second-order valence-corrected chi connectivity index (χ2v) is 5.85. The molecule has 2 atom stereocenters. The van der Waals surface area contributed by atoms with Gasteiger partial charge < -0.3 is 25.0 Å². The van der Waals surface area contributed by atoms with Crippen LogP contribution in [0.5, 0.6) is 0 Å². The predicted molar refractivity (Wildman–Crippen MR) is 86.3 cm³/mol. The molecular weight excluding hydrogens is 296 g/mol. The summed E-state index contributed by atoms with van der Waals surface area (Å²) in [4.78, 5) is 18.9. The molecular formula is C16H24N4O3. The molecule has 2 aliphatic heterocycles. The van der Waals surface area contributed by atoms with Gasteiger partial charge in [-0.15, -0.1) is 0 Å². The Balaban J connectivity index is 1.51. The van der Waals surface area contributed by atoms with Crippen LogP contribution in [0.4, 0.5) is 5.82 Å². The number of carbonyl (C=O) groups excluding carboxylic acids is 1. The highest BCUT2D eigenvalue weighted by molar-refractivity contribution is 5.82. The van der Waals surface area contributed by atoms with Gasteiger partial charge in [0.25, 0.3) is 0 Å². The van der Waals surface area contributed by atoms with Crippen LogP contribution < -0.4 is 15.5 Å². The maximum atomic E-state index is 12.2. The molecule has 1 amide bonds. The fraction of sp³-hybridized carbons (Fsp3) is 0.625. The van der Waals surface area contributed by atoms with Crippen molar-refractivity contribution in [2.75, 3.05) is 44.4 Å². The Labute approximate surface area is 136 Å². The van der Waals surface area contributed by atoms with E-state index < -0.39 is 0 Å². The van der Waals surface area contributed by atoms with Crippen LogP contribution in [0.3, 0.4) is 0 Å². The molecule has 7 heteroatoms. The lowest BCUT2D eigenvalue weighted by molar-refractivity contribution is -0.129. The number of amides is 1. The maximum Gasteiger partial charge on any atom is 0.240 e. The fourth-order valence-corrected chi connectivity index (χ4v) is 2.83. The van der Waals surface area contributed by atoms with Gasteiger partial charge in [-0.25, -0.2) is 4.98 Å². The van der Waals surface area contributed by atoms with E-state index in [1.54, 1.807) is 0 Å². The van der Waals surface area contributed by atoms with Crippen LogP contribution in [-0.2, 0) is 20.8 Å². The second-order valence-electron chi connectivity index (χ2n) is 5.85. The highest BCUT2D eigenvalue weighted by Crippen LogP contribution is 2.13. The summed E-state index contributed by atoms with van der Waals surface area (Å²) in [6, 6.07) is 3.72. The summed E-state index contributed by atoms with van der Waals surface area (Å²) in [5.41, 5.74) is 0.986. The molecule has 2 aliphatic rings. The third kappa shape index (κ3) is 4.19. The van der Waals surface area contributed by atoms with Crippen molar-refractivity contribution in [1.82, 2.24) is 15.6 Å². The lowest BCUT2D eigenvalue weighted by Crippen LogP contribution is -2.55. The van der Waals surface area contributed by atoms with Crippen molar-refractivity contribution in [3.05, 3.63) is 23.9 Å². The molecule has 0 aliphatic carbocycles. The Morgan fingerprint density at radius 2 is 2.22 bits per heavy atom. The lowest BCUT2D eigenvalue weighted by Gasteiger charge is -2.29. The van der Waals surface area contributed by atoms with E-state index in [0.717, 1.165) is 37.7 Å². The number of carbonyl (C=O) groups is 1. The van der Waals surface area contributed by atoms with E-state index in [9.17, 15) is 4.79 Å². The van der Waals surface area contributed by atoms with Crippen molar-refractivity contribution in [2.45, 2.75) is 25.6 Å². The molecule has 2 N–H and O–H groups in total. The molecule has 7 nitrogen and oxygen atoms in total. The first-order valence-corrected chi connectivity index (χ1v) is 8.14. The van der Waals surface area contributed by atoms with Gasteiger partial charge in [-0.3, -0.25) is 4.79 Å². The van der Waals surface area contributed by atoms with Gasteiger partial charge in [-0.1, -0.05) is 6.07 Å². The average Bonchev–Trinajstić information content (AvgIpc) is 2.61. The summed E-state index contributed by atoms with van der Waals surface area (Å²) in [6.45, 7) is 6.97. The van der Waals surface area contributed by atoms with Crippen molar-refractivity contribution in [3.8, 4) is 0 Å². The molecule has 3 rings (SSSR count). The molecule has 0 saturated carbocycles. The number of hydrogen-bond acceptors (Lipinski definition) is 6. The van der Waals surface area contributed by atoms with Crippen molar-refractivity contribution in [2.24, 2.45) is 0 Å². The SMILES string of the molecule is C[C@H]1OCCN[C@@H]1C(=O)NCc1ccc(N2CCOCC2)nc1. The van der Waals surface area contributed by atoms with Crippen LogP contribution in [0.25, 0.3) is 0 Å². The third-order valence-corrected chi connectivity index (χ3v) is 4.21. The minimum atomic E-state index is -0.288. The largest absolute Gasteiger partial charge is 0.378 e. The highest BCUT2D eigenvalue weighted by atomic mass is 16.5. The third-order valence-electron chi connectivity index (χ3n) is 4.21. The molecule has 0 aromatic carbocycles. The number of morpholine rings is 2. The van der Waals surface area contributed by atoms with Crippen molar-refractivity contribution < 1.29 is 14.3 Å². The van der Waals surface area contributed by atoms with Crippen LogP contribution in [0.15, 0.2) is 18.3 Å². The van der Waals surface area contributed by atoms with Crippen LogP contribution in [0, 0.1) is 0 Å². The molecule has 23 heavy (non-hydrogen) atoms. The number of nitrogens with one attached hydrogen (secondary N) is 2. The van der Waals surface area contributed by atoms with E-state index in [1.165, 1.54) is 0 Å². The molecule has 0 spiro atoms. The van der Waals surface area contributed by atoms with E-state index >= 15 is 0 Å². The Hall–Kier alpha value is -1.70. The number of nitrogens with zero attached hydrogens (tertiary/aromatic N) is 2. The Bertz CT molecular complexity index is 517. The van der Waals surface area contributed by atoms with Gasteiger partial charge in [0.15, 0.2) is 0 Å². The second kappa shape index (κ2) is 7.72. The molecule has 0 bridgehead atoms. The van der Waals surface area contributed by atoms with Gasteiger partial charge in [0, 0.05) is 32.4 Å². The standard InChI is InChI=1S/C16H24N4O3/c1-12-15(17-4-7-23-12)16(21)19-11-13-2-3-14(18-10-13)20-5-8-22-9-6-20/h2-3,10,12,15,17H,4-9,11H2,1H3,(H,19,21)/t12-,15+/m1/s1. The molecule has 1 aromatic rings. The van der Waals surface area contributed by atoms with E-state index in [2.05, 4.69) is 20.5 Å². The molecule has 2 fully saturated rings. The number of hydrogen-bond donors (Lipinski definition) is 2. The minimum Gasteiger partial charge on any atom is -0.378 e. The quantitative estimate of drug-likeness (QED) is 0.808. The number of rotatable bonds is 4. The number of ether oxygens (including phenoxy) is 2. The van der Waals surface area contributed by atoms with Gasteiger partial charge in [0.2, 0.25) is 5.91 Å². The van der Waals surface area contributed by atoms with Crippen LogP contribution >= 0.6 is 0 Å². The smallest absolute Gasteiger partial charge is 0.240 e. The van der Waals surface area contributed by atoms with Crippen molar-refractivity contribution in [1.29, 1.82) is 0 Å². The predicted octanol–water partition coefficient (Wildman–Crippen LogP) is -0.0887. The van der Waals surface area contributed by atoms with Crippen LogP contribution in [0.2, 0.25) is 0 Å². The first-order chi connectivity index (χ1) is 11.2. The summed E-state index contributed by atoms with van der Waals surface area (Å²) in [6.07, 6.45) is 1.71. The zero-order valence-electron chi connectivity index (χ0n) is 13.5. The Morgan fingerprint density at radius 3 is 2.91 bits per heavy atom.